The van der Waals surface area contributed by atoms with Crippen LogP contribution in [0.2, 0.25) is 0 Å². The largest absolute Gasteiger partial charge is 0.299 e. The molecular weight excluding hydrogens is 148 g/mol. The van der Waals surface area contributed by atoms with Gasteiger partial charge < -0.3 is 0 Å². The standard InChI is InChI=1S/C10H14N2/c1-12-7-3-5-10(12)9-4-2-6-11-8-9/h2,4,6,8,10H,3,5,7H2,1H3/t10-/m0/s1/i2D,4D,6D,7D2,8D. The van der Waals surface area contributed by atoms with Crippen molar-refractivity contribution in [2.75, 3.05) is 13.5 Å². The summed E-state index contributed by atoms with van der Waals surface area (Å²) in [5, 5.41) is 0. The zero-order valence-electron chi connectivity index (χ0n) is 12.9. The van der Waals surface area contributed by atoms with Crippen molar-refractivity contribution in [2.24, 2.45) is 0 Å². The van der Waals surface area contributed by atoms with E-state index in [1.54, 1.807) is 7.05 Å². The molecule has 2 rings (SSSR count). The normalized spacial score (nSPS) is 35.9. The van der Waals surface area contributed by atoms with Gasteiger partial charge in [0.25, 0.3) is 0 Å². The zero-order chi connectivity index (χ0) is 13.7. The summed E-state index contributed by atoms with van der Waals surface area (Å²) in [5.74, 6) is 0. The smallest absolute Gasteiger partial charge is 0.0843 e. The molecule has 1 aromatic rings. The van der Waals surface area contributed by atoms with E-state index in [0.717, 1.165) is 0 Å². The maximum atomic E-state index is 7.84. The van der Waals surface area contributed by atoms with Gasteiger partial charge in [-0.15, -0.1) is 0 Å². The molecule has 2 heterocycles. The van der Waals surface area contributed by atoms with Crippen LogP contribution in [0.25, 0.3) is 0 Å². The molecule has 1 aliphatic rings. The monoisotopic (exact) mass is 168 g/mol. The predicted octanol–water partition coefficient (Wildman–Crippen LogP) is 1.85. The molecule has 12 heavy (non-hydrogen) atoms. The number of rotatable bonds is 1. The Hall–Kier alpha value is -0.890. The Morgan fingerprint density at radius 3 is 3.50 bits per heavy atom. The van der Waals surface area contributed by atoms with Crippen LogP contribution in [0.15, 0.2) is 24.4 Å². The second-order valence-electron chi connectivity index (χ2n) is 2.82. The number of hydrogen-bond acceptors (Lipinski definition) is 2. The lowest BCUT2D eigenvalue weighted by atomic mass is 10.1. The lowest BCUT2D eigenvalue weighted by molar-refractivity contribution is 0.317. The van der Waals surface area contributed by atoms with Gasteiger partial charge >= 0.3 is 0 Å². The summed E-state index contributed by atoms with van der Waals surface area (Å²) in [4.78, 5) is 5.11. The molecule has 2 nitrogen and oxygen atoms in total. The van der Waals surface area contributed by atoms with Crippen molar-refractivity contribution in [3.63, 3.8) is 0 Å². The quantitative estimate of drug-likeness (QED) is 0.636. The number of hydrogen-bond donors (Lipinski definition) is 0. The number of pyridine rings is 1. The Morgan fingerprint density at radius 2 is 2.75 bits per heavy atom. The van der Waals surface area contributed by atoms with Crippen LogP contribution in [0, 0.1) is 0 Å². The third-order valence-electron chi connectivity index (χ3n) is 2.07. The first kappa shape index (κ1) is 3.46. The Bertz CT molecular complexity index is 490. The van der Waals surface area contributed by atoms with Crippen molar-refractivity contribution in [3.05, 3.63) is 30.0 Å². The van der Waals surface area contributed by atoms with Gasteiger partial charge in [-0.1, -0.05) is 6.04 Å². The fourth-order valence-corrected chi connectivity index (χ4v) is 1.42. The molecule has 0 spiro atoms. The van der Waals surface area contributed by atoms with E-state index in [-0.39, 0.29) is 30.0 Å². The van der Waals surface area contributed by atoms with Crippen molar-refractivity contribution in [3.8, 4) is 0 Å². The minimum Gasteiger partial charge on any atom is -0.299 e. The summed E-state index contributed by atoms with van der Waals surface area (Å²) in [7, 11) is 1.61. The fraction of sp³-hybridized carbons (Fsp3) is 0.500. The van der Waals surface area contributed by atoms with E-state index in [1.165, 1.54) is 4.90 Å². The Balaban J connectivity index is 2.50. The van der Waals surface area contributed by atoms with Gasteiger partial charge in [0.2, 0.25) is 0 Å². The lowest BCUT2D eigenvalue weighted by Gasteiger charge is -2.18. The Kier molecular flexibility index (Phi) is 0.933. The summed E-state index contributed by atoms with van der Waals surface area (Å²) in [6.07, 6.45) is 0.232. The first-order valence-electron chi connectivity index (χ1n) is 6.93. The second-order valence-corrected chi connectivity index (χ2v) is 2.82. The van der Waals surface area contributed by atoms with Crippen LogP contribution in [-0.2, 0) is 0 Å². The molecule has 1 saturated heterocycles. The highest BCUT2D eigenvalue weighted by molar-refractivity contribution is 5.14. The van der Waals surface area contributed by atoms with E-state index >= 15 is 0 Å². The van der Waals surface area contributed by atoms with Gasteiger partial charge in [-0.2, -0.15) is 0 Å². The molecule has 1 atom stereocenters. The minimum atomic E-state index is -1.47. The molecule has 0 bridgehead atoms. The third kappa shape index (κ3) is 1.34. The minimum absolute atomic E-state index is 0.186. The van der Waals surface area contributed by atoms with Crippen LogP contribution < -0.4 is 0 Å². The lowest BCUT2D eigenvalue weighted by Crippen LogP contribution is -2.17. The van der Waals surface area contributed by atoms with Gasteiger partial charge in [0.1, 0.15) is 0 Å². The SMILES string of the molecule is [2H]c1nc([2H])c([C@@H]2CCC([2H])([2H])N2C)c([2H])c1[2H]. The summed E-state index contributed by atoms with van der Waals surface area (Å²) < 4.78 is 46.1. The highest BCUT2D eigenvalue weighted by Gasteiger charge is 2.21. The molecule has 2 heteroatoms. The Morgan fingerprint density at radius 1 is 1.83 bits per heavy atom. The van der Waals surface area contributed by atoms with Crippen molar-refractivity contribution >= 4 is 0 Å². The van der Waals surface area contributed by atoms with E-state index in [2.05, 4.69) is 4.98 Å². The van der Waals surface area contributed by atoms with Crippen LogP contribution in [0.1, 0.15) is 32.7 Å². The molecule has 0 radical (unpaired) electrons. The van der Waals surface area contributed by atoms with E-state index in [4.69, 9.17) is 8.22 Å². The molecular formula is C10H14N2. The van der Waals surface area contributed by atoms with Crippen LogP contribution in [0.4, 0.5) is 0 Å². The first-order chi connectivity index (χ1) is 8.25. The van der Waals surface area contributed by atoms with Gasteiger partial charge in [0.05, 0.1) is 5.48 Å². The number of aromatic nitrogens is 1. The molecule has 0 amide bonds. The van der Waals surface area contributed by atoms with Crippen molar-refractivity contribution in [2.45, 2.75) is 18.9 Å². The van der Waals surface area contributed by atoms with E-state index in [0.29, 0.717) is 12.8 Å². The van der Waals surface area contributed by atoms with E-state index in [1.807, 2.05) is 0 Å². The predicted molar refractivity (Wildman–Crippen MR) is 48.8 cm³/mol. The maximum Gasteiger partial charge on any atom is 0.0843 e. The van der Waals surface area contributed by atoms with E-state index < -0.39 is 12.5 Å². The van der Waals surface area contributed by atoms with Crippen LogP contribution in [0.5, 0.6) is 0 Å². The average Bonchev–Trinajstić information content (AvgIpc) is 2.53. The highest BCUT2D eigenvalue weighted by atomic mass is 15.1. The summed E-state index contributed by atoms with van der Waals surface area (Å²) in [6, 6.07) is -0.909. The van der Waals surface area contributed by atoms with Crippen molar-refractivity contribution in [1.82, 2.24) is 9.88 Å². The van der Waals surface area contributed by atoms with E-state index in [9.17, 15) is 0 Å². The van der Waals surface area contributed by atoms with Gasteiger partial charge in [0.15, 0.2) is 0 Å². The van der Waals surface area contributed by atoms with Gasteiger partial charge in [-0.25, -0.2) is 0 Å². The van der Waals surface area contributed by atoms with Crippen LogP contribution in [-0.4, -0.2) is 23.4 Å². The summed E-state index contributed by atoms with van der Waals surface area (Å²) in [5.41, 5.74) is 0.250. The Labute approximate surface area is 81.7 Å². The molecule has 64 valence electrons. The summed E-state index contributed by atoms with van der Waals surface area (Å²) in [6.45, 7) is -1.47. The molecule has 0 aromatic carbocycles. The van der Waals surface area contributed by atoms with Gasteiger partial charge in [0, 0.05) is 21.1 Å². The number of nitrogens with zero attached hydrogens (tertiary/aromatic N) is 2. The molecule has 0 saturated carbocycles. The third-order valence-corrected chi connectivity index (χ3v) is 2.07. The average molecular weight is 168 g/mol. The maximum absolute atomic E-state index is 7.84. The second kappa shape index (κ2) is 3.23. The highest BCUT2D eigenvalue weighted by Crippen LogP contribution is 2.29. The topological polar surface area (TPSA) is 16.1 Å². The van der Waals surface area contributed by atoms with Gasteiger partial charge in [-0.05, 0) is 38.0 Å². The van der Waals surface area contributed by atoms with Crippen LogP contribution in [0.3, 0.4) is 0 Å². The molecule has 1 aliphatic heterocycles. The molecule has 0 N–H and O–H groups in total. The summed E-state index contributed by atoms with van der Waals surface area (Å²) >= 11 is 0. The molecule has 0 aliphatic carbocycles. The van der Waals surface area contributed by atoms with Crippen LogP contribution >= 0.6 is 0 Å². The van der Waals surface area contributed by atoms with Gasteiger partial charge in [-0.3, -0.25) is 9.88 Å². The molecule has 1 fully saturated rings. The fourth-order valence-electron chi connectivity index (χ4n) is 1.42. The number of likely N-dealkylation sites (tertiary alicyclic amines) is 1. The molecule has 1 aromatic heterocycles. The zero-order valence-corrected chi connectivity index (χ0v) is 6.89. The van der Waals surface area contributed by atoms with Crippen molar-refractivity contribution < 1.29 is 8.22 Å². The molecule has 0 unspecified atom stereocenters. The first-order valence-corrected chi connectivity index (χ1v) is 3.93. The van der Waals surface area contributed by atoms with Crippen molar-refractivity contribution in [1.29, 1.82) is 0 Å².